The van der Waals surface area contributed by atoms with Crippen molar-refractivity contribution < 1.29 is 4.79 Å². The Morgan fingerprint density at radius 1 is 0.929 bits per heavy atom. The summed E-state index contributed by atoms with van der Waals surface area (Å²) in [5.41, 5.74) is 5.42. The van der Waals surface area contributed by atoms with Crippen molar-refractivity contribution in [2.45, 2.75) is 6.42 Å². The summed E-state index contributed by atoms with van der Waals surface area (Å²) in [5.74, 6) is 0.00263. The Morgan fingerprint density at radius 2 is 1.71 bits per heavy atom. The van der Waals surface area contributed by atoms with Gasteiger partial charge >= 0.3 is 0 Å². The number of pyridine rings is 2. The van der Waals surface area contributed by atoms with Crippen LogP contribution >= 0.6 is 0 Å². The van der Waals surface area contributed by atoms with Crippen LogP contribution in [0.2, 0.25) is 0 Å². The van der Waals surface area contributed by atoms with E-state index in [1.165, 1.54) is 0 Å². The van der Waals surface area contributed by atoms with Crippen molar-refractivity contribution in [1.82, 2.24) is 24.6 Å². The van der Waals surface area contributed by atoms with Gasteiger partial charge in [0.25, 0.3) is 5.91 Å². The highest BCUT2D eigenvalue weighted by molar-refractivity contribution is 5.98. The molecule has 5 rings (SSSR count). The molecule has 3 aromatic heterocycles. The summed E-state index contributed by atoms with van der Waals surface area (Å²) in [6.07, 6.45) is 8.51. The first-order valence-corrected chi connectivity index (χ1v) is 9.32. The number of rotatable bonds is 3. The summed E-state index contributed by atoms with van der Waals surface area (Å²) >= 11 is 0. The molecule has 6 heteroatoms. The zero-order valence-corrected chi connectivity index (χ0v) is 15.5. The van der Waals surface area contributed by atoms with Gasteiger partial charge in [-0.05, 0) is 29.7 Å². The van der Waals surface area contributed by atoms with Crippen LogP contribution in [0.4, 0.5) is 0 Å². The Labute approximate surface area is 162 Å². The van der Waals surface area contributed by atoms with E-state index in [0.717, 1.165) is 52.7 Å². The predicted octanol–water partition coefficient (Wildman–Crippen LogP) is 3.54. The van der Waals surface area contributed by atoms with E-state index in [9.17, 15) is 4.79 Å². The molecule has 138 valence electrons. The number of fused-ring (bicyclic) bond motifs is 1. The highest BCUT2D eigenvalue weighted by Crippen LogP contribution is 2.29. The van der Waals surface area contributed by atoms with Gasteiger partial charge in [-0.25, -0.2) is 4.98 Å². The number of aryl methyl sites for hydroxylation is 1. The topological polar surface area (TPSA) is 63.9 Å². The van der Waals surface area contributed by atoms with E-state index in [-0.39, 0.29) is 5.91 Å². The molecule has 6 nitrogen and oxygen atoms in total. The molecule has 28 heavy (non-hydrogen) atoms. The van der Waals surface area contributed by atoms with Crippen LogP contribution in [0.3, 0.4) is 0 Å². The number of hydrogen-bond acceptors (Lipinski definition) is 4. The van der Waals surface area contributed by atoms with Gasteiger partial charge < -0.3 is 4.90 Å². The van der Waals surface area contributed by atoms with Gasteiger partial charge in [-0.2, -0.15) is 5.10 Å². The molecule has 1 aliphatic heterocycles. The summed E-state index contributed by atoms with van der Waals surface area (Å²) in [6.45, 7) is 1.63. The van der Waals surface area contributed by atoms with Gasteiger partial charge in [-0.1, -0.05) is 24.3 Å². The van der Waals surface area contributed by atoms with Crippen LogP contribution in [0.5, 0.6) is 0 Å². The van der Waals surface area contributed by atoms with Gasteiger partial charge in [0, 0.05) is 55.2 Å². The van der Waals surface area contributed by atoms with E-state index in [4.69, 9.17) is 4.98 Å². The van der Waals surface area contributed by atoms with Gasteiger partial charge in [-0.15, -0.1) is 0 Å². The fraction of sp³-hybridized carbons (Fsp3) is 0.182. The normalized spacial score (nSPS) is 13.5. The Bertz CT molecular complexity index is 1180. The van der Waals surface area contributed by atoms with Gasteiger partial charge in [-0.3, -0.25) is 14.5 Å². The second-order valence-corrected chi connectivity index (χ2v) is 7.08. The third-order valence-corrected chi connectivity index (χ3v) is 5.20. The third-order valence-electron chi connectivity index (χ3n) is 5.20. The lowest BCUT2D eigenvalue weighted by atomic mass is 10.0. The minimum atomic E-state index is 0.00263. The lowest BCUT2D eigenvalue weighted by Crippen LogP contribution is -2.42. The van der Waals surface area contributed by atoms with Gasteiger partial charge in [0.1, 0.15) is 5.69 Å². The summed E-state index contributed by atoms with van der Waals surface area (Å²) < 4.78 is 1.79. The highest BCUT2D eigenvalue weighted by atomic mass is 16.2. The second kappa shape index (κ2) is 6.56. The molecule has 0 spiro atoms. The van der Waals surface area contributed by atoms with E-state index in [2.05, 4.69) is 34.3 Å². The number of likely N-dealkylation sites (tertiary alicyclic amines) is 1. The van der Waals surface area contributed by atoms with E-state index < -0.39 is 0 Å². The molecule has 1 aliphatic rings. The van der Waals surface area contributed by atoms with Crippen LogP contribution in [0, 0.1) is 0 Å². The predicted molar refractivity (Wildman–Crippen MR) is 108 cm³/mol. The Morgan fingerprint density at radius 3 is 2.39 bits per heavy atom. The van der Waals surface area contributed by atoms with Crippen molar-refractivity contribution in [3.8, 4) is 22.3 Å². The van der Waals surface area contributed by atoms with Gasteiger partial charge in [0.2, 0.25) is 0 Å². The van der Waals surface area contributed by atoms with Crippen molar-refractivity contribution in [2.24, 2.45) is 7.05 Å². The minimum Gasteiger partial charge on any atom is -0.337 e. The average Bonchev–Trinajstić information content (AvgIpc) is 3.12. The van der Waals surface area contributed by atoms with Crippen LogP contribution in [-0.2, 0) is 7.05 Å². The molecule has 4 heterocycles. The molecule has 0 saturated carbocycles. The number of aromatic nitrogens is 4. The zero-order chi connectivity index (χ0) is 19.1. The molecule has 0 radical (unpaired) electrons. The van der Waals surface area contributed by atoms with Crippen molar-refractivity contribution >= 4 is 16.8 Å². The van der Waals surface area contributed by atoms with Crippen LogP contribution in [0.15, 0.2) is 61.2 Å². The quantitative estimate of drug-likeness (QED) is 0.554. The first-order chi connectivity index (χ1) is 13.7. The Balaban J connectivity index is 1.55. The largest absolute Gasteiger partial charge is 0.337 e. The van der Waals surface area contributed by atoms with Crippen LogP contribution in [0.25, 0.3) is 33.2 Å². The van der Waals surface area contributed by atoms with Crippen LogP contribution < -0.4 is 0 Å². The maximum atomic E-state index is 12.6. The molecule has 1 aromatic carbocycles. The van der Waals surface area contributed by atoms with Crippen molar-refractivity contribution in [3.05, 3.63) is 66.9 Å². The maximum Gasteiger partial charge on any atom is 0.272 e. The van der Waals surface area contributed by atoms with E-state index in [1.807, 2.05) is 36.6 Å². The summed E-state index contributed by atoms with van der Waals surface area (Å²) in [7, 11) is 1.91. The summed E-state index contributed by atoms with van der Waals surface area (Å²) in [4.78, 5) is 23.4. The maximum absolute atomic E-state index is 12.6. The van der Waals surface area contributed by atoms with E-state index in [0.29, 0.717) is 5.69 Å². The first-order valence-electron chi connectivity index (χ1n) is 9.32. The van der Waals surface area contributed by atoms with Crippen molar-refractivity contribution in [3.63, 3.8) is 0 Å². The highest BCUT2D eigenvalue weighted by Gasteiger charge is 2.23. The standard InChI is InChI=1S/C22H19N5O/c1-26-14-18(12-24-26)15-3-5-16(6-4-15)19-13-23-11-17-7-8-20(25-21(17)19)22(28)27-9-2-10-27/h3-8,11-14H,2,9-10H2,1H3. The number of carbonyl (C=O) groups excluding carboxylic acids is 1. The zero-order valence-electron chi connectivity index (χ0n) is 15.5. The molecule has 0 aliphatic carbocycles. The van der Waals surface area contributed by atoms with Crippen LogP contribution in [-0.4, -0.2) is 43.6 Å². The van der Waals surface area contributed by atoms with E-state index in [1.54, 1.807) is 16.9 Å². The molecule has 0 unspecified atom stereocenters. The van der Waals surface area contributed by atoms with E-state index >= 15 is 0 Å². The summed E-state index contributed by atoms with van der Waals surface area (Å²) in [5, 5.41) is 5.15. The SMILES string of the molecule is Cn1cc(-c2ccc(-c3cncc4ccc(C(=O)N5CCC5)nc34)cc2)cn1. The molecule has 1 fully saturated rings. The number of benzene rings is 1. The number of carbonyl (C=O) groups is 1. The third kappa shape index (κ3) is 2.83. The number of nitrogens with zero attached hydrogens (tertiary/aromatic N) is 5. The lowest BCUT2D eigenvalue weighted by Gasteiger charge is -2.30. The molecular weight excluding hydrogens is 350 g/mol. The number of amides is 1. The van der Waals surface area contributed by atoms with Gasteiger partial charge in [0.05, 0.1) is 11.7 Å². The monoisotopic (exact) mass is 369 g/mol. The van der Waals surface area contributed by atoms with Crippen molar-refractivity contribution in [1.29, 1.82) is 0 Å². The second-order valence-electron chi connectivity index (χ2n) is 7.08. The minimum absolute atomic E-state index is 0.00263. The smallest absolute Gasteiger partial charge is 0.272 e. The molecule has 0 N–H and O–H groups in total. The lowest BCUT2D eigenvalue weighted by molar-refractivity contribution is 0.0646. The van der Waals surface area contributed by atoms with Crippen LogP contribution in [0.1, 0.15) is 16.9 Å². The first kappa shape index (κ1) is 16.6. The summed E-state index contributed by atoms with van der Waals surface area (Å²) in [6, 6.07) is 12.0. The average molecular weight is 369 g/mol. The molecule has 0 bridgehead atoms. The fourth-order valence-corrected chi connectivity index (χ4v) is 3.47. The molecular formula is C22H19N5O. The number of hydrogen-bond donors (Lipinski definition) is 0. The Hall–Kier alpha value is -3.54. The molecule has 4 aromatic rings. The molecule has 0 atom stereocenters. The Kier molecular flexibility index (Phi) is 3.90. The van der Waals surface area contributed by atoms with Crippen molar-refractivity contribution in [2.75, 3.05) is 13.1 Å². The molecule has 1 amide bonds. The van der Waals surface area contributed by atoms with Gasteiger partial charge in [0.15, 0.2) is 0 Å². The molecule has 1 saturated heterocycles. The fourth-order valence-electron chi connectivity index (χ4n) is 3.47.